The van der Waals surface area contributed by atoms with Gasteiger partial charge in [0.15, 0.2) is 0 Å². The van der Waals surface area contributed by atoms with Crippen LogP contribution in [-0.4, -0.2) is 5.11 Å². The van der Waals surface area contributed by atoms with Crippen molar-refractivity contribution < 1.29 is 5.11 Å². The molecule has 0 aromatic heterocycles. The van der Waals surface area contributed by atoms with Gasteiger partial charge >= 0.3 is 0 Å². The van der Waals surface area contributed by atoms with Gasteiger partial charge in [-0.2, -0.15) is 0 Å². The zero-order valence-corrected chi connectivity index (χ0v) is 12.8. The molecular formula is C14H13ClINO. The number of phenolic OH excluding ortho intramolecular Hbond substituents is 1. The summed E-state index contributed by atoms with van der Waals surface area (Å²) in [4.78, 5) is 0. The van der Waals surface area contributed by atoms with E-state index in [0.29, 0.717) is 11.6 Å². The van der Waals surface area contributed by atoms with Gasteiger partial charge in [-0.05, 0) is 64.9 Å². The van der Waals surface area contributed by atoms with E-state index in [4.69, 9.17) is 11.6 Å². The molecule has 0 radical (unpaired) electrons. The Hall–Kier alpha value is -0.940. The Balaban J connectivity index is 2.11. The molecule has 2 rings (SSSR count). The number of benzene rings is 2. The highest BCUT2D eigenvalue weighted by molar-refractivity contribution is 14.1. The van der Waals surface area contributed by atoms with Crippen LogP contribution in [-0.2, 0) is 6.54 Å². The second kappa shape index (κ2) is 5.80. The molecule has 2 aromatic carbocycles. The fourth-order valence-corrected chi connectivity index (χ4v) is 2.34. The SMILES string of the molecule is Cc1ccc(I)cc1NCc1ccc(O)c(Cl)c1. The molecule has 0 saturated carbocycles. The first kappa shape index (κ1) is 13.5. The lowest BCUT2D eigenvalue weighted by molar-refractivity contribution is 0.475. The van der Waals surface area contributed by atoms with Crippen LogP contribution in [0.25, 0.3) is 0 Å². The predicted molar refractivity (Wildman–Crippen MR) is 84.3 cm³/mol. The van der Waals surface area contributed by atoms with E-state index in [1.165, 1.54) is 9.13 Å². The lowest BCUT2D eigenvalue weighted by Crippen LogP contribution is -2.01. The molecule has 0 saturated heterocycles. The average molecular weight is 374 g/mol. The molecular weight excluding hydrogens is 361 g/mol. The van der Waals surface area contributed by atoms with Crippen LogP contribution >= 0.6 is 34.2 Å². The molecule has 2 nitrogen and oxygen atoms in total. The van der Waals surface area contributed by atoms with E-state index >= 15 is 0 Å². The lowest BCUT2D eigenvalue weighted by atomic mass is 10.1. The molecule has 0 heterocycles. The van der Waals surface area contributed by atoms with Gasteiger partial charge in [0.05, 0.1) is 5.02 Å². The third-order valence-corrected chi connectivity index (χ3v) is 3.67. The minimum absolute atomic E-state index is 0.117. The summed E-state index contributed by atoms with van der Waals surface area (Å²) in [5, 5.41) is 13.1. The summed E-state index contributed by atoms with van der Waals surface area (Å²) in [7, 11) is 0. The fourth-order valence-electron chi connectivity index (χ4n) is 1.64. The molecule has 4 heteroatoms. The highest BCUT2D eigenvalue weighted by atomic mass is 127. The number of hydrogen-bond acceptors (Lipinski definition) is 2. The first-order valence-corrected chi connectivity index (χ1v) is 6.99. The Kier molecular flexibility index (Phi) is 4.35. The van der Waals surface area contributed by atoms with Gasteiger partial charge in [-0.25, -0.2) is 0 Å². The van der Waals surface area contributed by atoms with Crippen molar-refractivity contribution in [1.82, 2.24) is 0 Å². The highest BCUT2D eigenvalue weighted by Crippen LogP contribution is 2.24. The number of rotatable bonds is 3. The maximum atomic E-state index is 9.36. The summed E-state index contributed by atoms with van der Waals surface area (Å²) in [6.45, 7) is 2.75. The number of aryl methyl sites for hydroxylation is 1. The monoisotopic (exact) mass is 373 g/mol. The molecule has 18 heavy (non-hydrogen) atoms. The van der Waals surface area contributed by atoms with Crippen LogP contribution < -0.4 is 5.32 Å². The molecule has 2 aromatic rings. The average Bonchev–Trinajstić information content (AvgIpc) is 2.34. The molecule has 0 atom stereocenters. The Labute approximate surface area is 125 Å². The van der Waals surface area contributed by atoms with Gasteiger partial charge in [-0.1, -0.05) is 23.7 Å². The zero-order valence-electron chi connectivity index (χ0n) is 9.87. The number of nitrogens with one attached hydrogen (secondary N) is 1. The van der Waals surface area contributed by atoms with Crippen molar-refractivity contribution in [2.24, 2.45) is 0 Å². The van der Waals surface area contributed by atoms with Crippen molar-refractivity contribution in [2.45, 2.75) is 13.5 Å². The van der Waals surface area contributed by atoms with Gasteiger partial charge in [-0.3, -0.25) is 0 Å². The normalized spacial score (nSPS) is 10.4. The lowest BCUT2D eigenvalue weighted by Gasteiger charge is -2.10. The Morgan fingerprint density at radius 1 is 1.22 bits per heavy atom. The van der Waals surface area contributed by atoms with E-state index < -0.39 is 0 Å². The van der Waals surface area contributed by atoms with E-state index in [9.17, 15) is 5.11 Å². The summed E-state index contributed by atoms with van der Waals surface area (Å²) in [5.74, 6) is 0.117. The van der Waals surface area contributed by atoms with Crippen molar-refractivity contribution in [3.8, 4) is 5.75 Å². The first-order valence-electron chi connectivity index (χ1n) is 5.53. The molecule has 0 fully saturated rings. The second-order valence-electron chi connectivity index (χ2n) is 4.10. The summed E-state index contributed by atoms with van der Waals surface area (Å²) in [6, 6.07) is 11.5. The molecule has 0 unspecified atom stereocenters. The van der Waals surface area contributed by atoms with Gasteiger partial charge < -0.3 is 10.4 Å². The molecule has 0 aliphatic carbocycles. The number of anilines is 1. The molecule has 94 valence electrons. The molecule has 0 aliphatic rings. The van der Waals surface area contributed by atoms with E-state index in [2.05, 4.69) is 53.0 Å². The smallest absolute Gasteiger partial charge is 0.134 e. The van der Waals surface area contributed by atoms with Crippen LogP contribution in [0.15, 0.2) is 36.4 Å². The molecule has 2 N–H and O–H groups in total. The molecule has 0 amide bonds. The summed E-state index contributed by atoms with van der Waals surface area (Å²) >= 11 is 8.17. The second-order valence-corrected chi connectivity index (χ2v) is 5.75. The summed E-state index contributed by atoms with van der Waals surface area (Å²) < 4.78 is 1.20. The maximum Gasteiger partial charge on any atom is 0.134 e. The predicted octanol–water partition coefficient (Wildman–Crippen LogP) is 4.57. The first-order chi connectivity index (χ1) is 8.56. The number of phenols is 1. The zero-order chi connectivity index (χ0) is 13.1. The van der Waals surface area contributed by atoms with Gasteiger partial charge in [0.2, 0.25) is 0 Å². The van der Waals surface area contributed by atoms with Crippen LogP contribution in [0.3, 0.4) is 0 Å². The van der Waals surface area contributed by atoms with Crippen LogP contribution in [0.4, 0.5) is 5.69 Å². The van der Waals surface area contributed by atoms with Crippen LogP contribution in [0.1, 0.15) is 11.1 Å². The van der Waals surface area contributed by atoms with Crippen LogP contribution in [0.2, 0.25) is 5.02 Å². The number of hydrogen-bond donors (Lipinski definition) is 2. The van der Waals surface area contributed by atoms with Crippen molar-refractivity contribution >= 4 is 39.9 Å². The molecule has 0 aliphatic heterocycles. The Morgan fingerprint density at radius 2 is 2.00 bits per heavy atom. The van der Waals surface area contributed by atoms with Crippen LogP contribution in [0, 0.1) is 10.5 Å². The minimum Gasteiger partial charge on any atom is -0.506 e. The third kappa shape index (κ3) is 3.29. The third-order valence-electron chi connectivity index (χ3n) is 2.69. The molecule has 0 spiro atoms. The van der Waals surface area contributed by atoms with Crippen molar-refractivity contribution in [2.75, 3.05) is 5.32 Å². The van der Waals surface area contributed by atoms with Crippen molar-refractivity contribution in [3.63, 3.8) is 0 Å². The Morgan fingerprint density at radius 3 is 2.72 bits per heavy atom. The highest BCUT2D eigenvalue weighted by Gasteiger charge is 2.02. The number of aromatic hydroxyl groups is 1. The van der Waals surface area contributed by atoms with Gasteiger partial charge in [0, 0.05) is 15.8 Å². The van der Waals surface area contributed by atoms with E-state index in [0.717, 1.165) is 11.3 Å². The molecule has 0 bridgehead atoms. The largest absolute Gasteiger partial charge is 0.506 e. The minimum atomic E-state index is 0.117. The Bertz CT molecular complexity index is 572. The van der Waals surface area contributed by atoms with E-state index in [-0.39, 0.29) is 5.75 Å². The topological polar surface area (TPSA) is 32.3 Å². The van der Waals surface area contributed by atoms with Crippen molar-refractivity contribution in [3.05, 3.63) is 56.1 Å². The summed E-state index contributed by atoms with van der Waals surface area (Å²) in [5.41, 5.74) is 3.36. The summed E-state index contributed by atoms with van der Waals surface area (Å²) in [6.07, 6.45) is 0. The van der Waals surface area contributed by atoms with E-state index in [1.54, 1.807) is 12.1 Å². The fraction of sp³-hybridized carbons (Fsp3) is 0.143. The maximum absolute atomic E-state index is 9.36. The van der Waals surface area contributed by atoms with E-state index in [1.807, 2.05) is 6.07 Å². The van der Waals surface area contributed by atoms with Crippen LogP contribution in [0.5, 0.6) is 5.75 Å². The quantitative estimate of drug-likeness (QED) is 0.773. The van der Waals surface area contributed by atoms with Gasteiger partial charge in [0.1, 0.15) is 5.75 Å². The van der Waals surface area contributed by atoms with Gasteiger partial charge in [0.25, 0.3) is 0 Å². The standard InChI is InChI=1S/C14H13ClINO/c1-9-2-4-11(16)7-13(9)17-8-10-3-5-14(18)12(15)6-10/h2-7,17-18H,8H2,1H3. The van der Waals surface area contributed by atoms with Gasteiger partial charge in [-0.15, -0.1) is 0 Å². The van der Waals surface area contributed by atoms with Crippen molar-refractivity contribution in [1.29, 1.82) is 0 Å². The number of halogens is 2.